The Balaban J connectivity index is 2.55. The standard InChI is InChI=1S/C14H26N2O4/c1-5-16(13(2,3)11(17)18)12(19)15-10-14(6-7-14)8-9-20-4/h5-10H2,1-4H3,(H,15,19)(H,17,18). The van der Waals surface area contributed by atoms with Gasteiger partial charge in [0.05, 0.1) is 0 Å². The quantitative estimate of drug-likeness (QED) is 0.712. The number of rotatable bonds is 8. The third-order valence-electron chi connectivity index (χ3n) is 4.17. The second-order valence-electron chi connectivity index (χ2n) is 6.01. The van der Waals surface area contributed by atoms with Crippen molar-refractivity contribution in [2.45, 2.75) is 45.6 Å². The van der Waals surface area contributed by atoms with Crippen molar-refractivity contribution in [1.29, 1.82) is 0 Å². The first-order chi connectivity index (χ1) is 9.29. The summed E-state index contributed by atoms with van der Waals surface area (Å²) in [5.41, 5.74) is -1.06. The zero-order valence-electron chi connectivity index (χ0n) is 12.9. The molecule has 1 saturated carbocycles. The van der Waals surface area contributed by atoms with Crippen LogP contribution in [-0.2, 0) is 9.53 Å². The summed E-state index contributed by atoms with van der Waals surface area (Å²) >= 11 is 0. The highest BCUT2D eigenvalue weighted by molar-refractivity contribution is 5.85. The second kappa shape index (κ2) is 6.43. The van der Waals surface area contributed by atoms with E-state index in [1.54, 1.807) is 14.0 Å². The number of hydrogen-bond acceptors (Lipinski definition) is 3. The first kappa shape index (κ1) is 16.8. The minimum atomic E-state index is -1.21. The van der Waals surface area contributed by atoms with Crippen LogP contribution < -0.4 is 5.32 Å². The van der Waals surface area contributed by atoms with Gasteiger partial charge in [-0.05, 0) is 45.4 Å². The van der Waals surface area contributed by atoms with Gasteiger partial charge in [0, 0.05) is 26.8 Å². The molecule has 0 atom stereocenters. The zero-order valence-corrected chi connectivity index (χ0v) is 12.9. The van der Waals surface area contributed by atoms with E-state index in [1.807, 2.05) is 0 Å². The average molecular weight is 286 g/mol. The van der Waals surface area contributed by atoms with Gasteiger partial charge in [-0.1, -0.05) is 0 Å². The van der Waals surface area contributed by atoms with Crippen LogP contribution >= 0.6 is 0 Å². The van der Waals surface area contributed by atoms with Gasteiger partial charge in [0.15, 0.2) is 0 Å². The SMILES string of the molecule is CCN(C(=O)NCC1(CCOC)CC1)C(C)(C)C(=O)O. The number of ether oxygens (including phenoxy) is 1. The summed E-state index contributed by atoms with van der Waals surface area (Å²) in [4.78, 5) is 24.8. The molecular formula is C14H26N2O4. The lowest BCUT2D eigenvalue weighted by Crippen LogP contribution is -2.56. The normalized spacial score (nSPS) is 16.6. The van der Waals surface area contributed by atoms with E-state index in [9.17, 15) is 14.7 Å². The Kier molecular flexibility index (Phi) is 5.39. The molecule has 6 heteroatoms. The van der Waals surface area contributed by atoms with Crippen molar-refractivity contribution in [2.75, 3.05) is 26.8 Å². The van der Waals surface area contributed by atoms with Gasteiger partial charge in [-0.25, -0.2) is 9.59 Å². The van der Waals surface area contributed by atoms with Gasteiger partial charge < -0.3 is 20.1 Å². The number of carboxylic acids is 1. The van der Waals surface area contributed by atoms with E-state index in [-0.39, 0.29) is 11.4 Å². The lowest BCUT2D eigenvalue weighted by molar-refractivity contribution is -0.147. The number of carbonyl (C=O) groups is 2. The molecule has 0 aliphatic heterocycles. The molecule has 1 rings (SSSR count). The number of carbonyl (C=O) groups excluding carboxylic acids is 1. The number of urea groups is 1. The van der Waals surface area contributed by atoms with E-state index in [1.165, 1.54) is 18.7 Å². The molecular weight excluding hydrogens is 260 g/mol. The van der Waals surface area contributed by atoms with Crippen molar-refractivity contribution in [2.24, 2.45) is 5.41 Å². The Bertz CT molecular complexity index is 364. The monoisotopic (exact) mass is 286 g/mol. The molecule has 0 aromatic heterocycles. The maximum absolute atomic E-state index is 12.2. The summed E-state index contributed by atoms with van der Waals surface area (Å²) in [5, 5.41) is 12.1. The molecule has 2 amide bonds. The molecule has 0 radical (unpaired) electrons. The Hall–Kier alpha value is -1.30. The first-order valence-electron chi connectivity index (χ1n) is 7.07. The number of nitrogens with zero attached hydrogens (tertiary/aromatic N) is 1. The number of hydrogen-bond donors (Lipinski definition) is 2. The fraction of sp³-hybridized carbons (Fsp3) is 0.857. The van der Waals surface area contributed by atoms with E-state index < -0.39 is 11.5 Å². The van der Waals surface area contributed by atoms with Gasteiger partial charge in [0.1, 0.15) is 5.54 Å². The smallest absolute Gasteiger partial charge is 0.329 e. The Morgan fingerprint density at radius 2 is 2.00 bits per heavy atom. The highest BCUT2D eigenvalue weighted by Crippen LogP contribution is 2.48. The summed E-state index contributed by atoms with van der Waals surface area (Å²) in [6, 6.07) is -0.316. The number of carboxylic acid groups (broad SMARTS) is 1. The van der Waals surface area contributed by atoms with Gasteiger partial charge in [0.25, 0.3) is 0 Å². The van der Waals surface area contributed by atoms with Crippen LogP contribution in [-0.4, -0.2) is 54.4 Å². The number of likely N-dealkylation sites (N-methyl/N-ethyl adjacent to an activating group) is 1. The summed E-state index contributed by atoms with van der Waals surface area (Å²) < 4.78 is 5.08. The highest BCUT2D eigenvalue weighted by atomic mass is 16.5. The maximum atomic E-state index is 12.2. The van der Waals surface area contributed by atoms with Crippen LogP contribution in [0.5, 0.6) is 0 Å². The molecule has 20 heavy (non-hydrogen) atoms. The van der Waals surface area contributed by atoms with Gasteiger partial charge in [-0.15, -0.1) is 0 Å². The summed E-state index contributed by atoms with van der Waals surface area (Å²) in [6.45, 7) is 6.49. The van der Waals surface area contributed by atoms with Crippen molar-refractivity contribution >= 4 is 12.0 Å². The molecule has 0 heterocycles. The predicted molar refractivity (Wildman–Crippen MR) is 75.7 cm³/mol. The van der Waals surface area contributed by atoms with Crippen LogP contribution in [0.25, 0.3) is 0 Å². The Labute approximate surface area is 120 Å². The molecule has 0 aromatic carbocycles. The summed E-state index contributed by atoms with van der Waals surface area (Å²) in [5.74, 6) is -1.00. The largest absolute Gasteiger partial charge is 0.480 e. The van der Waals surface area contributed by atoms with E-state index in [0.29, 0.717) is 19.7 Å². The molecule has 116 valence electrons. The van der Waals surface area contributed by atoms with Crippen LogP contribution in [0.1, 0.15) is 40.0 Å². The third-order valence-corrected chi connectivity index (χ3v) is 4.17. The van der Waals surface area contributed by atoms with Crippen molar-refractivity contribution in [3.8, 4) is 0 Å². The van der Waals surface area contributed by atoms with Crippen LogP contribution in [0.3, 0.4) is 0 Å². The number of methoxy groups -OCH3 is 1. The van der Waals surface area contributed by atoms with Crippen LogP contribution in [0.4, 0.5) is 4.79 Å². The number of nitrogens with one attached hydrogen (secondary N) is 1. The van der Waals surface area contributed by atoms with Crippen LogP contribution in [0.15, 0.2) is 0 Å². The molecule has 0 unspecified atom stereocenters. The molecule has 0 spiro atoms. The molecule has 0 aromatic rings. The van der Waals surface area contributed by atoms with Crippen LogP contribution in [0, 0.1) is 5.41 Å². The lowest BCUT2D eigenvalue weighted by Gasteiger charge is -2.34. The van der Waals surface area contributed by atoms with E-state index in [2.05, 4.69) is 5.32 Å². The Morgan fingerprint density at radius 3 is 2.40 bits per heavy atom. The number of aliphatic carboxylic acids is 1. The first-order valence-corrected chi connectivity index (χ1v) is 7.07. The number of amides is 2. The van der Waals surface area contributed by atoms with E-state index >= 15 is 0 Å². The fourth-order valence-electron chi connectivity index (χ4n) is 2.28. The minimum Gasteiger partial charge on any atom is -0.480 e. The molecule has 0 saturated heterocycles. The second-order valence-corrected chi connectivity index (χ2v) is 6.01. The molecule has 2 N–H and O–H groups in total. The fourth-order valence-corrected chi connectivity index (χ4v) is 2.28. The van der Waals surface area contributed by atoms with Crippen molar-refractivity contribution < 1.29 is 19.4 Å². The Morgan fingerprint density at radius 1 is 1.40 bits per heavy atom. The van der Waals surface area contributed by atoms with Gasteiger partial charge in [-0.3, -0.25) is 0 Å². The summed E-state index contributed by atoms with van der Waals surface area (Å²) in [7, 11) is 1.67. The molecule has 1 aliphatic carbocycles. The summed E-state index contributed by atoms with van der Waals surface area (Å²) in [6.07, 6.45) is 3.11. The molecule has 0 bridgehead atoms. The third kappa shape index (κ3) is 3.85. The topological polar surface area (TPSA) is 78.9 Å². The van der Waals surface area contributed by atoms with Gasteiger partial charge in [0.2, 0.25) is 0 Å². The minimum absolute atomic E-state index is 0.151. The molecule has 1 fully saturated rings. The zero-order chi connectivity index (χ0) is 15.4. The van der Waals surface area contributed by atoms with Gasteiger partial charge >= 0.3 is 12.0 Å². The molecule has 6 nitrogen and oxygen atoms in total. The van der Waals surface area contributed by atoms with E-state index in [4.69, 9.17) is 4.74 Å². The lowest BCUT2D eigenvalue weighted by atomic mass is 10.0. The van der Waals surface area contributed by atoms with Gasteiger partial charge in [-0.2, -0.15) is 0 Å². The molecule has 1 aliphatic rings. The van der Waals surface area contributed by atoms with E-state index in [0.717, 1.165) is 19.3 Å². The van der Waals surface area contributed by atoms with Crippen LogP contribution in [0.2, 0.25) is 0 Å². The van der Waals surface area contributed by atoms with Crippen molar-refractivity contribution in [1.82, 2.24) is 10.2 Å². The predicted octanol–water partition coefficient (Wildman–Crippen LogP) is 1.70. The van der Waals surface area contributed by atoms with Crippen molar-refractivity contribution in [3.63, 3.8) is 0 Å². The maximum Gasteiger partial charge on any atom is 0.329 e. The van der Waals surface area contributed by atoms with Crippen molar-refractivity contribution in [3.05, 3.63) is 0 Å². The highest BCUT2D eigenvalue weighted by Gasteiger charge is 2.43. The average Bonchev–Trinajstić information content (AvgIpc) is 3.15.